The highest BCUT2D eigenvalue weighted by molar-refractivity contribution is 6.30. The number of amidine groups is 1. The van der Waals surface area contributed by atoms with E-state index in [-0.39, 0.29) is 11.8 Å². The van der Waals surface area contributed by atoms with E-state index in [9.17, 15) is 4.79 Å². The van der Waals surface area contributed by atoms with Crippen molar-refractivity contribution in [2.24, 2.45) is 5.73 Å². The van der Waals surface area contributed by atoms with E-state index in [1.807, 2.05) is 29.7 Å². The summed E-state index contributed by atoms with van der Waals surface area (Å²) in [7, 11) is 0. The highest BCUT2D eigenvalue weighted by Gasteiger charge is 2.33. The predicted molar refractivity (Wildman–Crippen MR) is 88.6 cm³/mol. The summed E-state index contributed by atoms with van der Waals surface area (Å²) in [5, 5.41) is 0.629. The van der Waals surface area contributed by atoms with E-state index in [1.165, 1.54) is 5.56 Å². The molecule has 112 valence electrons. The Morgan fingerprint density at radius 3 is 2.55 bits per heavy atom. The zero-order valence-electron chi connectivity index (χ0n) is 12.4. The Bertz CT molecular complexity index is 750. The molecule has 0 amide bonds. The van der Waals surface area contributed by atoms with Gasteiger partial charge in [-0.25, -0.2) is 4.58 Å². The molecule has 0 fully saturated rings. The molecule has 2 aromatic rings. The van der Waals surface area contributed by atoms with Crippen LogP contribution >= 0.6 is 11.6 Å². The fourth-order valence-corrected chi connectivity index (χ4v) is 3.09. The molecule has 1 atom stereocenters. The number of hydrogen-bond donors (Lipinski definition) is 1. The van der Waals surface area contributed by atoms with Gasteiger partial charge in [0.05, 0.1) is 5.56 Å². The zero-order chi connectivity index (χ0) is 15.7. The van der Waals surface area contributed by atoms with Crippen LogP contribution in [0.3, 0.4) is 0 Å². The number of nitrogens with zero attached hydrogens (tertiary/aromatic N) is 1. The van der Waals surface area contributed by atoms with Gasteiger partial charge < -0.3 is 0 Å². The maximum atomic E-state index is 12.8. The molecule has 1 aliphatic heterocycles. The minimum atomic E-state index is -0.256. The highest BCUT2D eigenvalue weighted by Crippen LogP contribution is 2.21. The van der Waals surface area contributed by atoms with E-state index in [0.29, 0.717) is 29.4 Å². The molecular formula is C18H18ClN2O+. The zero-order valence-corrected chi connectivity index (χ0v) is 13.2. The van der Waals surface area contributed by atoms with Crippen molar-refractivity contribution in [3.05, 3.63) is 70.2 Å². The standard InChI is InChI=1S/C18H17ClN2O/c1-2-16(17(22)12-7-9-14(19)10-8-12)21-11-13-5-3-4-6-15(13)18(21)20/h3-10,16,20H,2,11H2,1H3/p+1/t16-/m0/s1. The third-order valence-electron chi connectivity index (χ3n) is 4.14. The SMILES string of the molecule is CC[C@@H](C(=O)c1ccc(Cl)cc1)[N+]1=C(N)c2ccccc2C1. The molecule has 3 rings (SSSR count). The van der Waals surface area contributed by atoms with Crippen LogP contribution in [0, 0.1) is 0 Å². The lowest BCUT2D eigenvalue weighted by Crippen LogP contribution is -2.37. The van der Waals surface area contributed by atoms with Crippen LogP contribution in [-0.4, -0.2) is 22.2 Å². The van der Waals surface area contributed by atoms with Gasteiger partial charge in [-0.3, -0.25) is 10.5 Å². The number of fused-ring (bicyclic) bond motifs is 1. The number of halogens is 1. The predicted octanol–water partition coefficient (Wildman–Crippen LogP) is 3.23. The molecule has 4 heteroatoms. The number of hydrogen-bond acceptors (Lipinski definition) is 2. The average Bonchev–Trinajstić information content (AvgIpc) is 2.86. The molecule has 1 aliphatic rings. The number of ketones is 1. The van der Waals surface area contributed by atoms with Crippen LogP contribution in [0.15, 0.2) is 48.5 Å². The molecular weight excluding hydrogens is 296 g/mol. The van der Waals surface area contributed by atoms with Crippen LogP contribution in [-0.2, 0) is 6.54 Å². The first-order chi connectivity index (χ1) is 10.6. The quantitative estimate of drug-likeness (QED) is 0.696. The molecule has 1 heterocycles. The molecule has 2 aromatic carbocycles. The van der Waals surface area contributed by atoms with Crippen molar-refractivity contribution in [3.63, 3.8) is 0 Å². The number of Topliss-reactive ketones (excluding diaryl/α,β-unsaturated/α-hetero) is 1. The highest BCUT2D eigenvalue weighted by atomic mass is 35.5. The number of rotatable bonds is 4. The van der Waals surface area contributed by atoms with Gasteiger partial charge in [0.15, 0.2) is 6.04 Å². The molecule has 2 N–H and O–H groups in total. The van der Waals surface area contributed by atoms with Gasteiger partial charge in [-0.1, -0.05) is 36.7 Å². The Kier molecular flexibility index (Phi) is 3.99. The van der Waals surface area contributed by atoms with E-state index < -0.39 is 0 Å². The summed E-state index contributed by atoms with van der Waals surface area (Å²) in [6.07, 6.45) is 0.705. The molecule has 0 spiro atoms. The van der Waals surface area contributed by atoms with Crippen molar-refractivity contribution < 1.29 is 9.37 Å². The Hall–Kier alpha value is -2.13. The minimum Gasteiger partial charge on any atom is -0.289 e. The minimum absolute atomic E-state index is 0.0786. The number of carbonyl (C=O) groups excluding carboxylic acids is 1. The van der Waals surface area contributed by atoms with Crippen molar-refractivity contribution >= 4 is 23.2 Å². The van der Waals surface area contributed by atoms with Gasteiger partial charge in [-0.15, -0.1) is 0 Å². The molecule has 22 heavy (non-hydrogen) atoms. The third-order valence-corrected chi connectivity index (χ3v) is 4.39. The van der Waals surface area contributed by atoms with Crippen LogP contribution in [0.5, 0.6) is 0 Å². The van der Waals surface area contributed by atoms with Gasteiger partial charge in [-0.2, -0.15) is 0 Å². The fraction of sp³-hybridized carbons (Fsp3) is 0.222. The second-order valence-corrected chi connectivity index (χ2v) is 5.90. The van der Waals surface area contributed by atoms with Crippen LogP contribution in [0.4, 0.5) is 0 Å². The molecule has 0 saturated carbocycles. The molecule has 0 aromatic heterocycles. The van der Waals surface area contributed by atoms with E-state index in [1.54, 1.807) is 24.3 Å². The second kappa shape index (κ2) is 5.93. The first kappa shape index (κ1) is 14.8. The van der Waals surface area contributed by atoms with Crippen molar-refractivity contribution in [2.75, 3.05) is 0 Å². The maximum Gasteiger partial charge on any atom is 0.276 e. The maximum absolute atomic E-state index is 12.8. The summed E-state index contributed by atoms with van der Waals surface area (Å²) in [5.74, 6) is 0.764. The normalized spacial score (nSPS) is 14.8. The van der Waals surface area contributed by atoms with Crippen molar-refractivity contribution in [1.82, 2.24) is 0 Å². The summed E-state index contributed by atoms with van der Waals surface area (Å²) >= 11 is 5.90. The van der Waals surface area contributed by atoms with E-state index in [4.69, 9.17) is 17.3 Å². The number of nitrogens with two attached hydrogens (primary N) is 1. The first-order valence-corrected chi connectivity index (χ1v) is 7.76. The van der Waals surface area contributed by atoms with Gasteiger partial charge in [0.25, 0.3) is 5.84 Å². The van der Waals surface area contributed by atoms with E-state index >= 15 is 0 Å². The molecule has 3 nitrogen and oxygen atoms in total. The Morgan fingerprint density at radius 2 is 1.91 bits per heavy atom. The Labute approximate surface area is 135 Å². The summed E-state index contributed by atoms with van der Waals surface area (Å²) in [6.45, 7) is 2.69. The van der Waals surface area contributed by atoms with Crippen LogP contribution in [0.25, 0.3) is 0 Å². The van der Waals surface area contributed by atoms with Crippen LogP contribution < -0.4 is 5.73 Å². The van der Waals surface area contributed by atoms with Crippen molar-refractivity contribution in [1.29, 1.82) is 0 Å². The third kappa shape index (κ3) is 2.53. The van der Waals surface area contributed by atoms with Gasteiger partial charge in [0.2, 0.25) is 5.78 Å². The van der Waals surface area contributed by atoms with Gasteiger partial charge >= 0.3 is 0 Å². The van der Waals surface area contributed by atoms with E-state index in [0.717, 1.165) is 5.56 Å². The van der Waals surface area contributed by atoms with Gasteiger partial charge in [-0.05, 0) is 36.8 Å². The number of benzene rings is 2. The summed E-state index contributed by atoms with van der Waals surface area (Å²) in [4.78, 5) is 12.8. The van der Waals surface area contributed by atoms with Gasteiger partial charge in [0, 0.05) is 16.1 Å². The smallest absolute Gasteiger partial charge is 0.276 e. The van der Waals surface area contributed by atoms with Gasteiger partial charge in [0.1, 0.15) is 6.54 Å². The lowest BCUT2D eigenvalue weighted by molar-refractivity contribution is -0.562. The van der Waals surface area contributed by atoms with Crippen LogP contribution in [0.2, 0.25) is 5.02 Å². The number of carbonyl (C=O) groups is 1. The Morgan fingerprint density at radius 1 is 1.23 bits per heavy atom. The molecule has 0 saturated heterocycles. The first-order valence-electron chi connectivity index (χ1n) is 7.39. The van der Waals surface area contributed by atoms with E-state index in [2.05, 4.69) is 6.07 Å². The molecule has 0 unspecified atom stereocenters. The van der Waals surface area contributed by atoms with Crippen LogP contribution in [0.1, 0.15) is 34.8 Å². The molecule has 0 bridgehead atoms. The second-order valence-electron chi connectivity index (χ2n) is 5.47. The molecule has 0 aliphatic carbocycles. The summed E-state index contributed by atoms with van der Waals surface area (Å²) in [5.41, 5.74) is 9.14. The topological polar surface area (TPSA) is 46.1 Å². The lowest BCUT2D eigenvalue weighted by atomic mass is 10.0. The lowest BCUT2D eigenvalue weighted by Gasteiger charge is -2.15. The summed E-state index contributed by atoms with van der Waals surface area (Å²) in [6, 6.07) is 14.8. The van der Waals surface area contributed by atoms with Crippen molar-refractivity contribution in [2.45, 2.75) is 25.9 Å². The largest absolute Gasteiger partial charge is 0.289 e. The molecule has 0 radical (unpaired) electrons. The Balaban J connectivity index is 1.94. The average molecular weight is 314 g/mol. The monoisotopic (exact) mass is 313 g/mol. The van der Waals surface area contributed by atoms with Crippen molar-refractivity contribution in [3.8, 4) is 0 Å². The summed E-state index contributed by atoms with van der Waals surface area (Å²) < 4.78 is 2.00. The fourth-order valence-electron chi connectivity index (χ4n) is 2.96.